The molecule has 1 heterocycles. The lowest BCUT2D eigenvalue weighted by Gasteiger charge is -2.44. The Balaban J connectivity index is 1.48. The summed E-state index contributed by atoms with van der Waals surface area (Å²) in [6.07, 6.45) is 6.78. The van der Waals surface area contributed by atoms with E-state index in [0.717, 1.165) is 43.2 Å². The molecule has 0 radical (unpaired) electrons. The molecule has 2 fully saturated rings. The fourth-order valence-electron chi connectivity index (χ4n) is 4.65. The highest BCUT2D eigenvalue weighted by Crippen LogP contribution is 2.34. The van der Waals surface area contributed by atoms with E-state index in [1.54, 1.807) is 25.3 Å². The molecule has 0 aromatic heterocycles. The van der Waals surface area contributed by atoms with Gasteiger partial charge in [0, 0.05) is 32.4 Å². The number of morpholine rings is 1. The van der Waals surface area contributed by atoms with E-state index in [-0.39, 0.29) is 24.0 Å². The third-order valence-electron chi connectivity index (χ3n) is 6.57. The maximum Gasteiger partial charge on any atom is 0.289 e. The Hall–Kier alpha value is -3.12. The maximum absolute atomic E-state index is 13.5. The molecule has 1 aliphatic heterocycles. The van der Waals surface area contributed by atoms with Crippen LogP contribution in [0.4, 0.5) is 0 Å². The van der Waals surface area contributed by atoms with E-state index in [0.29, 0.717) is 31.0 Å². The standard InChI is InChI=1S/C28H34N2O4/c1-20-8-10-22(11-9-20)19-30-24-6-3-4-7-25(24)34-26(28(30)32)18-21-12-14-23(15-13-21)27(31)29-16-5-17-33-2/h8-15,18,24-25H,3-7,16-17,19H2,1-2H3,(H,29,31)/b26-18+. The first-order valence-corrected chi connectivity index (χ1v) is 12.2. The predicted octanol–water partition coefficient (Wildman–Crippen LogP) is 4.47. The van der Waals surface area contributed by atoms with Crippen molar-refractivity contribution in [2.45, 2.75) is 57.7 Å². The number of nitrogens with one attached hydrogen (secondary N) is 1. The lowest BCUT2D eigenvalue weighted by Crippen LogP contribution is -2.54. The number of hydrogen-bond acceptors (Lipinski definition) is 4. The summed E-state index contributed by atoms with van der Waals surface area (Å²) < 4.78 is 11.2. The van der Waals surface area contributed by atoms with Gasteiger partial charge in [0.25, 0.3) is 11.8 Å². The monoisotopic (exact) mass is 462 g/mol. The Morgan fingerprint density at radius 3 is 2.59 bits per heavy atom. The zero-order valence-corrected chi connectivity index (χ0v) is 20.1. The zero-order valence-electron chi connectivity index (χ0n) is 20.1. The van der Waals surface area contributed by atoms with Gasteiger partial charge < -0.3 is 19.7 Å². The number of aryl methyl sites for hydroxylation is 1. The smallest absolute Gasteiger partial charge is 0.289 e. The van der Waals surface area contributed by atoms with E-state index < -0.39 is 0 Å². The number of ether oxygens (including phenoxy) is 2. The fraction of sp³-hybridized carbons (Fsp3) is 0.429. The molecule has 2 aromatic carbocycles. The predicted molar refractivity (Wildman–Crippen MR) is 132 cm³/mol. The average Bonchev–Trinajstić information content (AvgIpc) is 2.86. The van der Waals surface area contributed by atoms with Gasteiger partial charge in [-0.3, -0.25) is 9.59 Å². The van der Waals surface area contributed by atoms with Gasteiger partial charge in [0.15, 0.2) is 5.76 Å². The molecular weight excluding hydrogens is 428 g/mol. The van der Waals surface area contributed by atoms with Crippen LogP contribution < -0.4 is 5.32 Å². The van der Waals surface area contributed by atoms with Crippen molar-refractivity contribution in [2.75, 3.05) is 20.3 Å². The van der Waals surface area contributed by atoms with Gasteiger partial charge in [0.2, 0.25) is 0 Å². The first-order chi connectivity index (χ1) is 16.5. The summed E-state index contributed by atoms with van der Waals surface area (Å²) in [6, 6.07) is 15.7. The summed E-state index contributed by atoms with van der Waals surface area (Å²) in [7, 11) is 1.64. The van der Waals surface area contributed by atoms with Crippen molar-refractivity contribution >= 4 is 17.9 Å². The molecule has 2 aliphatic rings. The minimum Gasteiger partial charge on any atom is -0.482 e. The summed E-state index contributed by atoms with van der Waals surface area (Å²) in [5.41, 5.74) is 3.76. The first kappa shape index (κ1) is 24.0. The van der Waals surface area contributed by atoms with Gasteiger partial charge in [0.05, 0.1) is 6.04 Å². The molecule has 0 bridgehead atoms. The van der Waals surface area contributed by atoms with Crippen LogP contribution >= 0.6 is 0 Å². The van der Waals surface area contributed by atoms with E-state index in [1.165, 1.54) is 5.56 Å². The summed E-state index contributed by atoms with van der Waals surface area (Å²) in [4.78, 5) is 27.8. The van der Waals surface area contributed by atoms with Gasteiger partial charge in [-0.25, -0.2) is 0 Å². The van der Waals surface area contributed by atoms with Gasteiger partial charge >= 0.3 is 0 Å². The number of benzene rings is 2. The van der Waals surface area contributed by atoms with Gasteiger partial charge in [0.1, 0.15) is 6.10 Å². The molecular formula is C28H34N2O4. The number of amides is 2. The number of methoxy groups -OCH3 is 1. The van der Waals surface area contributed by atoms with E-state index in [4.69, 9.17) is 9.47 Å². The molecule has 34 heavy (non-hydrogen) atoms. The van der Waals surface area contributed by atoms with Crippen molar-refractivity contribution < 1.29 is 19.1 Å². The van der Waals surface area contributed by atoms with E-state index >= 15 is 0 Å². The summed E-state index contributed by atoms with van der Waals surface area (Å²) in [5.74, 6) is 0.199. The Bertz CT molecular complexity index is 1010. The highest BCUT2D eigenvalue weighted by atomic mass is 16.5. The second-order valence-electron chi connectivity index (χ2n) is 9.16. The maximum atomic E-state index is 13.5. The second kappa shape index (κ2) is 11.3. The molecule has 1 aliphatic carbocycles. The highest BCUT2D eigenvalue weighted by molar-refractivity contribution is 5.97. The van der Waals surface area contributed by atoms with Crippen LogP contribution in [0, 0.1) is 6.92 Å². The average molecular weight is 463 g/mol. The van der Waals surface area contributed by atoms with Gasteiger partial charge in [-0.1, -0.05) is 48.4 Å². The first-order valence-electron chi connectivity index (χ1n) is 12.2. The number of nitrogens with zero attached hydrogens (tertiary/aromatic N) is 1. The van der Waals surface area contributed by atoms with Gasteiger partial charge in [-0.05, 0) is 61.9 Å². The minimum atomic E-state index is -0.116. The summed E-state index contributed by atoms with van der Waals surface area (Å²) >= 11 is 0. The third-order valence-corrected chi connectivity index (χ3v) is 6.57. The molecule has 2 unspecified atom stereocenters. The van der Waals surface area contributed by atoms with E-state index in [2.05, 4.69) is 36.5 Å². The molecule has 6 heteroatoms. The molecule has 2 atom stereocenters. The van der Waals surface area contributed by atoms with Crippen LogP contribution in [0.3, 0.4) is 0 Å². The van der Waals surface area contributed by atoms with Crippen LogP contribution in [0.2, 0.25) is 0 Å². The molecule has 0 spiro atoms. The van der Waals surface area contributed by atoms with Crippen molar-refractivity contribution in [1.82, 2.24) is 10.2 Å². The number of hydrogen-bond donors (Lipinski definition) is 1. The molecule has 1 saturated heterocycles. The normalized spacial score (nSPS) is 21.2. The molecule has 4 rings (SSSR count). The minimum absolute atomic E-state index is 0.0281. The zero-order chi connectivity index (χ0) is 23.9. The van der Waals surface area contributed by atoms with Crippen molar-refractivity contribution in [2.24, 2.45) is 0 Å². The Kier molecular flexibility index (Phi) is 8.01. The highest BCUT2D eigenvalue weighted by Gasteiger charge is 2.41. The lowest BCUT2D eigenvalue weighted by atomic mass is 9.89. The quantitative estimate of drug-likeness (QED) is 0.464. The Labute approximate surface area is 201 Å². The molecule has 2 amide bonds. The van der Waals surface area contributed by atoms with Gasteiger partial charge in [-0.15, -0.1) is 0 Å². The fourth-order valence-corrected chi connectivity index (χ4v) is 4.65. The SMILES string of the molecule is COCCCNC(=O)c1ccc(/C=C2/OC3CCCCC3N(Cc3ccc(C)cc3)C2=O)cc1. The topological polar surface area (TPSA) is 67.9 Å². The molecule has 6 nitrogen and oxygen atoms in total. The Morgan fingerprint density at radius 2 is 1.85 bits per heavy atom. The molecule has 2 aromatic rings. The summed E-state index contributed by atoms with van der Waals surface area (Å²) in [6.45, 7) is 3.84. The molecule has 1 N–H and O–H groups in total. The van der Waals surface area contributed by atoms with Crippen molar-refractivity contribution in [1.29, 1.82) is 0 Å². The summed E-state index contributed by atoms with van der Waals surface area (Å²) in [5, 5.41) is 2.89. The number of carbonyl (C=O) groups is 2. The number of rotatable bonds is 8. The van der Waals surface area contributed by atoms with Gasteiger partial charge in [-0.2, -0.15) is 0 Å². The van der Waals surface area contributed by atoms with Crippen LogP contribution in [-0.4, -0.2) is 49.1 Å². The van der Waals surface area contributed by atoms with Crippen LogP contribution in [0.5, 0.6) is 0 Å². The van der Waals surface area contributed by atoms with Crippen LogP contribution in [0.15, 0.2) is 54.3 Å². The van der Waals surface area contributed by atoms with Crippen LogP contribution in [-0.2, 0) is 20.8 Å². The largest absolute Gasteiger partial charge is 0.482 e. The van der Waals surface area contributed by atoms with Crippen molar-refractivity contribution in [3.05, 3.63) is 76.5 Å². The molecule has 180 valence electrons. The second-order valence-corrected chi connectivity index (χ2v) is 9.16. The van der Waals surface area contributed by atoms with Crippen molar-refractivity contribution in [3.8, 4) is 0 Å². The van der Waals surface area contributed by atoms with Crippen LogP contribution in [0.25, 0.3) is 6.08 Å². The van der Waals surface area contributed by atoms with E-state index in [9.17, 15) is 9.59 Å². The van der Waals surface area contributed by atoms with E-state index in [1.807, 2.05) is 17.0 Å². The number of fused-ring (bicyclic) bond motifs is 1. The Morgan fingerprint density at radius 1 is 1.12 bits per heavy atom. The molecule has 1 saturated carbocycles. The van der Waals surface area contributed by atoms with Crippen LogP contribution in [0.1, 0.15) is 59.2 Å². The van der Waals surface area contributed by atoms with Crippen molar-refractivity contribution in [3.63, 3.8) is 0 Å². The third kappa shape index (κ3) is 5.86. The lowest BCUT2D eigenvalue weighted by molar-refractivity contribution is -0.149. The number of carbonyl (C=O) groups excluding carboxylic acids is 2.